The molecule has 2 amide bonds. The van der Waals surface area contributed by atoms with E-state index >= 15 is 0 Å². The van der Waals surface area contributed by atoms with Gasteiger partial charge in [-0.1, -0.05) is 66.9 Å². The lowest BCUT2D eigenvalue weighted by molar-refractivity contribution is -0.140. The van der Waals surface area contributed by atoms with Gasteiger partial charge in [-0.05, 0) is 43.5 Å². The fourth-order valence-electron chi connectivity index (χ4n) is 3.57. The third-order valence-corrected chi connectivity index (χ3v) is 6.89. The molecule has 0 aliphatic rings. The zero-order valence-electron chi connectivity index (χ0n) is 19.8. The number of anilines is 1. The van der Waals surface area contributed by atoms with Crippen LogP contribution in [0, 0.1) is 6.92 Å². The van der Waals surface area contributed by atoms with E-state index in [4.69, 9.17) is 23.2 Å². The Balaban J connectivity index is 2.45. The molecule has 2 rings (SSSR count). The van der Waals surface area contributed by atoms with Crippen molar-refractivity contribution >= 4 is 50.7 Å². The summed E-state index contributed by atoms with van der Waals surface area (Å²) in [6, 6.07) is 11.2. The number of carbonyl (C=O) groups excluding carboxylic acids is 2. The first-order chi connectivity index (χ1) is 16.0. The molecular formula is C24H31Cl2N3O4S. The molecule has 0 bridgehead atoms. The summed E-state index contributed by atoms with van der Waals surface area (Å²) in [6.45, 7) is 5.83. The van der Waals surface area contributed by atoms with Crippen LogP contribution in [0.2, 0.25) is 10.0 Å². The topological polar surface area (TPSA) is 86.8 Å². The SMILES string of the molecule is CCCNC(=O)[C@H](CC)N(Cc1cccc(C)c1)C(=O)CN(c1ccc(Cl)cc1Cl)S(C)(=O)=O. The third kappa shape index (κ3) is 7.61. The lowest BCUT2D eigenvalue weighted by atomic mass is 10.1. The van der Waals surface area contributed by atoms with Gasteiger partial charge in [0, 0.05) is 18.1 Å². The highest BCUT2D eigenvalue weighted by Gasteiger charge is 2.32. The first kappa shape index (κ1) is 28.0. The quantitative estimate of drug-likeness (QED) is 0.469. The predicted molar refractivity (Wildman–Crippen MR) is 138 cm³/mol. The lowest BCUT2D eigenvalue weighted by Gasteiger charge is -2.33. The van der Waals surface area contributed by atoms with Crippen molar-refractivity contribution in [3.8, 4) is 0 Å². The number of sulfonamides is 1. The summed E-state index contributed by atoms with van der Waals surface area (Å²) in [4.78, 5) is 27.9. The number of nitrogens with zero attached hydrogens (tertiary/aromatic N) is 2. The van der Waals surface area contributed by atoms with Crippen LogP contribution in [0.4, 0.5) is 5.69 Å². The maximum atomic E-state index is 13.6. The van der Waals surface area contributed by atoms with Gasteiger partial charge in [0.25, 0.3) is 0 Å². The van der Waals surface area contributed by atoms with Crippen LogP contribution in [0.25, 0.3) is 0 Å². The molecule has 2 aromatic rings. The molecule has 0 radical (unpaired) electrons. The number of halogens is 2. The Labute approximate surface area is 212 Å². The molecule has 1 N–H and O–H groups in total. The average molecular weight is 529 g/mol. The molecule has 34 heavy (non-hydrogen) atoms. The van der Waals surface area contributed by atoms with E-state index < -0.39 is 28.5 Å². The zero-order valence-corrected chi connectivity index (χ0v) is 22.2. The minimum atomic E-state index is -3.87. The summed E-state index contributed by atoms with van der Waals surface area (Å²) in [5.74, 6) is -0.794. The first-order valence-electron chi connectivity index (χ1n) is 11.0. The zero-order chi connectivity index (χ0) is 25.5. The molecule has 0 saturated heterocycles. The van der Waals surface area contributed by atoms with Crippen LogP contribution in [-0.2, 0) is 26.2 Å². The number of hydrogen-bond acceptors (Lipinski definition) is 4. The summed E-state index contributed by atoms with van der Waals surface area (Å²) >= 11 is 12.2. The molecule has 1 atom stereocenters. The highest BCUT2D eigenvalue weighted by atomic mass is 35.5. The largest absolute Gasteiger partial charge is 0.354 e. The Hall–Kier alpha value is -2.29. The summed E-state index contributed by atoms with van der Waals surface area (Å²) in [5, 5.41) is 3.29. The third-order valence-electron chi connectivity index (χ3n) is 5.23. The van der Waals surface area contributed by atoms with Crippen molar-refractivity contribution in [1.82, 2.24) is 10.2 Å². The number of rotatable bonds is 11. The van der Waals surface area contributed by atoms with E-state index in [1.165, 1.54) is 23.1 Å². The van der Waals surface area contributed by atoms with Crippen LogP contribution in [0.3, 0.4) is 0 Å². The first-order valence-corrected chi connectivity index (χ1v) is 13.6. The van der Waals surface area contributed by atoms with Gasteiger partial charge in [-0.15, -0.1) is 0 Å². The Morgan fingerprint density at radius 1 is 1.09 bits per heavy atom. The number of hydrogen-bond donors (Lipinski definition) is 1. The van der Waals surface area contributed by atoms with Crippen LogP contribution in [0.1, 0.15) is 37.8 Å². The highest BCUT2D eigenvalue weighted by molar-refractivity contribution is 7.92. The van der Waals surface area contributed by atoms with Crippen molar-refractivity contribution < 1.29 is 18.0 Å². The number of carbonyl (C=O) groups is 2. The number of aryl methyl sites for hydroxylation is 1. The van der Waals surface area contributed by atoms with Crippen LogP contribution in [-0.4, -0.2) is 50.5 Å². The van der Waals surface area contributed by atoms with Gasteiger partial charge in [0.05, 0.1) is 17.0 Å². The van der Waals surface area contributed by atoms with Crippen LogP contribution < -0.4 is 9.62 Å². The maximum absolute atomic E-state index is 13.6. The number of amides is 2. The van der Waals surface area contributed by atoms with Gasteiger partial charge in [-0.25, -0.2) is 8.42 Å². The Morgan fingerprint density at radius 2 is 1.79 bits per heavy atom. The van der Waals surface area contributed by atoms with Crippen LogP contribution in [0.5, 0.6) is 0 Å². The van der Waals surface area contributed by atoms with Crippen molar-refractivity contribution in [1.29, 1.82) is 0 Å². The minimum absolute atomic E-state index is 0.101. The maximum Gasteiger partial charge on any atom is 0.244 e. The van der Waals surface area contributed by atoms with E-state index in [2.05, 4.69) is 5.32 Å². The molecule has 7 nitrogen and oxygen atoms in total. The molecule has 0 fully saturated rings. The molecule has 0 aromatic heterocycles. The Bertz CT molecular complexity index is 1120. The van der Waals surface area contributed by atoms with E-state index in [1.807, 2.05) is 45.0 Å². The van der Waals surface area contributed by atoms with E-state index in [0.29, 0.717) is 18.0 Å². The summed E-state index contributed by atoms with van der Waals surface area (Å²) in [7, 11) is -3.87. The van der Waals surface area contributed by atoms with Crippen molar-refractivity contribution in [2.24, 2.45) is 0 Å². The van der Waals surface area contributed by atoms with Gasteiger partial charge < -0.3 is 10.2 Å². The Kier molecular flexibility index (Phi) is 10.2. The van der Waals surface area contributed by atoms with Crippen molar-refractivity contribution in [3.05, 3.63) is 63.6 Å². The molecule has 0 aliphatic carbocycles. The number of nitrogens with one attached hydrogen (secondary N) is 1. The van der Waals surface area contributed by atoms with Gasteiger partial charge in [-0.2, -0.15) is 0 Å². The summed E-state index contributed by atoms with van der Waals surface area (Å²) in [6.07, 6.45) is 2.12. The van der Waals surface area contributed by atoms with Gasteiger partial charge >= 0.3 is 0 Å². The van der Waals surface area contributed by atoms with Crippen LogP contribution in [0.15, 0.2) is 42.5 Å². The second-order valence-corrected chi connectivity index (χ2v) is 10.8. The van der Waals surface area contributed by atoms with Crippen molar-refractivity contribution in [2.75, 3.05) is 23.7 Å². The van der Waals surface area contributed by atoms with Gasteiger partial charge in [0.2, 0.25) is 21.8 Å². The van der Waals surface area contributed by atoms with E-state index in [9.17, 15) is 18.0 Å². The summed E-state index contributed by atoms with van der Waals surface area (Å²) in [5.41, 5.74) is 1.99. The lowest BCUT2D eigenvalue weighted by Crippen LogP contribution is -2.52. The fourth-order valence-corrected chi connectivity index (χ4v) is 4.99. The van der Waals surface area contributed by atoms with E-state index in [1.54, 1.807) is 0 Å². The van der Waals surface area contributed by atoms with Crippen molar-refractivity contribution in [3.63, 3.8) is 0 Å². The normalized spacial score (nSPS) is 12.2. The second kappa shape index (κ2) is 12.4. The highest BCUT2D eigenvalue weighted by Crippen LogP contribution is 2.30. The average Bonchev–Trinajstić information content (AvgIpc) is 2.75. The Morgan fingerprint density at radius 3 is 2.35 bits per heavy atom. The number of benzene rings is 2. The fraction of sp³-hybridized carbons (Fsp3) is 0.417. The standard InChI is InChI=1S/C24H31Cl2N3O4S/c1-5-12-27-24(31)21(6-2)28(15-18-9-7-8-17(3)13-18)23(30)16-29(34(4,32)33)22-11-10-19(25)14-20(22)26/h7-11,13-14,21H,5-6,12,15-16H2,1-4H3,(H,27,31)/t21-/m0/s1. The van der Waals surface area contributed by atoms with Crippen LogP contribution >= 0.6 is 23.2 Å². The molecule has 186 valence electrons. The minimum Gasteiger partial charge on any atom is -0.354 e. The van der Waals surface area contributed by atoms with Gasteiger partial charge in [0.1, 0.15) is 12.6 Å². The van der Waals surface area contributed by atoms with E-state index in [-0.39, 0.29) is 23.2 Å². The molecular weight excluding hydrogens is 497 g/mol. The smallest absolute Gasteiger partial charge is 0.244 e. The molecule has 0 unspecified atom stereocenters. The van der Waals surface area contributed by atoms with Gasteiger partial charge in [-0.3, -0.25) is 13.9 Å². The molecule has 2 aromatic carbocycles. The van der Waals surface area contributed by atoms with Crippen molar-refractivity contribution in [2.45, 2.75) is 46.2 Å². The summed E-state index contributed by atoms with van der Waals surface area (Å²) < 4.78 is 26.2. The molecule has 0 spiro atoms. The molecule has 0 heterocycles. The monoisotopic (exact) mass is 527 g/mol. The molecule has 0 aliphatic heterocycles. The predicted octanol–water partition coefficient (Wildman–Crippen LogP) is 4.40. The molecule has 0 saturated carbocycles. The molecule has 10 heteroatoms. The van der Waals surface area contributed by atoms with E-state index in [0.717, 1.165) is 28.1 Å². The van der Waals surface area contributed by atoms with Gasteiger partial charge in [0.15, 0.2) is 0 Å². The second-order valence-electron chi connectivity index (χ2n) is 8.09.